The van der Waals surface area contributed by atoms with E-state index in [4.69, 9.17) is 0 Å². The third-order valence-electron chi connectivity index (χ3n) is 4.04. The summed E-state index contributed by atoms with van der Waals surface area (Å²) in [6.07, 6.45) is 0. The Morgan fingerprint density at radius 2 is 1.80 bits per heavy atom. The predicted octanol–water partition coefficient (Wildman–Crippen LogP) is 2.17. The van der Waals surface area contributed by atoms with Gasteiger partial charge >= 0.3 is 0 Å². The molecule has 1 aliphatic heterocycles. The van der Waals surface area contributed by atoms with Gasteiger partial charge in [0.15, 0.2) is 17.4 Å². The molecule has 3 nitrogen and oxygen atoms in total. The summed E-state index contributed by atoms with van der Waals surface area (Å²) in [6.45, 7) is 6.08. The molecule has 1 heterocycles. The van der Waals surface area contributed by atoms with Crippen LogP contribution in [0.25, 0.3) is 0 Å². The Hall–Kier alpha value is -1.33. The molecule has 1 fully saturated rings. The maximum atomic E-state index is 13.1. The number of halogens is 2. The number of hydrogen-bond donors (Lipinski definition) is 0. The molecule has 110 valence electrons. The second-order valence-electron chi connectivity index (χ2n) is 5.61. The minimum atomic E-state index is -0.976. The minimum Gasteiger partial charge on any atom is -0.298 e. The van der Waals surface area contributed by atoms with Crippen molar-refractivity contribution < 1.29 is 13.6 Å². The van der Waals surface area contributed by atoms with Crippen LogP contribution in [-0.2, 0) is 0 Å². The third kappa shape index (κ3) is 3.22. The number of carbonyl (C=O) groups excluding carboxylic acids is 1. The number of nitrogens with zero attached hydrogens (tertiary/aromatic N) is 2. The zero-order valence-corrected chi connectivity index (χ0v) is 12.1. The van der Waals surface area contributed by atoms with E-state index < -0.39 is 11.6 Å². The first-order chi connectivity index (χ1) is 9.38. The van der Waals surface area contributed by atoms with Crippen molar-refractivity contribution in [3.05, 3.63) is 35.4 Å². The second-order valence-corrected chi connectivity index (χ2v) is 5.61. The molecule has 2 atom stereocenters. The van der Waals surface area contributed by atoms with E-state index in [1.54, 1.807) is 0 Å². The van der Waals surface area contributed by atoms with Gasteiger partial charge in [-0.2, -0.15) is 0 Å². The standard InChI is InChI=1S/C15H20F2N2O/c1-10-7-19(8-11(2)18(10)3)9-15(20)12-4-5-13(16)14(17)6-12/h4-6,10-11H,7-9H2,1-3H3. The van der Waals surface area contributed by atoms with Gasteiger partial charge in [-0.05, 0) is 39.1 Å². The summed E-state index contributed by atoms with van der Waals surface area (Å²) in [7, 11) is 2.07. The lowest BCUT2D eigenvalue weighted by atomic mass is 10.1. The molecule has 0 bridgehead atoms. The van der Waals surface area contributed by atoms with Gasteiger partial charge in [0.2, 0.25) is 0 Å². The number of ketones is 1. The lowest BCUT2D eigenvalue weighted by Gasteiger charge is -2.42. The van der Waals surface area contributed by atoms with E-state index in [0.29, 0.717) is 12.1 Å². The van der Waals surface area contributed by atoms with E-state index in [9.17, 15) is 13.6 Å². The summed E-state index contributed by atoms with van der Waals surface area (Å²) in [5.41, 5.74) is 0.225. The van der Waals surface area contributed by atoms with E-state index in [-0.39, 0.29) is 17.9 Å². The fraction of sp³-hybridized carbons (Fsp3) is 0.533. The highest BCUT2D eigenvalue weighted by Gasteiger charge is 2.27. The van der Waals surface area contributed by atoms with Crippen LogP contribution in [0.2, 0.25) is 0 Å². The van der Waals surface area contributed by atoms with Gasteiger partial charge in [0, 0.05) is 30.7 Å². The molecule has 1 aromatic rings. The first-order valence-corrected chi connectivity index (χ1v) is 6.81. The fourth-order valence-electron chi connectivity index (χ4n) is 2.61. The smallest absolute Gasteiger partial charge is 0.176 e. The van der Waals surface area contributed by atoms with Crippen molar-refractivity contribution in [1.82, 2.24) is 9.80 Å². The largest absolute Gasteiger partial charge is 0.298 e. The molecule has 0 N–H and O–H groups in total. The quantitative estimate of drug-likeness (QED) is 0.794. The zero-order valence-electron chi connectivity index (χ0n) is 12.1. The third-order valence-corrected chi connectivity index (χ3v) is 4.04. The molecule has 1 saturated heterocycles. The maximum Gasteiger partial charge on any atom is 0.176 e. The van der Waals surface area contributed by atoms with Crippen LogP contribution in [0, 0.1) is 11.6 Å². The number of rotatable bonds is 3. The Morgan fingerprint density at radius 3 is 2.35 bits per heavy atom. The summed E-state index contributed by atoms with van der Waals surface area (Å²) in [5, 5.41) is 0. The van der Waals surface area contributed by atoms with Gasteiger partial charge in [0.1, 0.15) is 0 Å². The van der Waals surface area contributed by atoms with Crippen molar-refractivity contribution in [2.24, 2.45) is 0 Å². The van der Waals surface area contributed by atoms with Crippen molar-refractivity contribution in [2.45, 2.75) is 25.9 Å². The topological polar surface area (TPSA) is 23.6 Å². The molecule has 1 aliphatic rings. The van der Waals surface area contributed by atoms with E-state index in [2.05, 4.69) is 30.7 Å². The molecule has 2 rings (SSSR count). The Morgan fingerprint density at radius 1 is 1.20 bits per heavy atom. The van der Waals surface area contributed by atoms with Gasteiger partial charge < -0.3 is 0 Å². The lowest BCUT2D eigenvalue weighted by molar-refractivity contribution is 0.0549. The molecule has 0 spiro atoms. The average molecular weight is 282 g/mol. The first-order valence-electron chi connectivity index (χ1n) is 6.81. The highest BCUT2D eigenvalue weighted by Crippen LogP contribution is 2.15. The van der Waals surface area contributed by atoms with Crippen LogP contribution in [0.15, 0.2) is 18.2 Å². The van der Waals surface area contributed by atoms with Crippen LogP contribution < -0.4 is 0 Å². The van der Waals surface area contributed by atoms with Crippen molar-refractivity contribution in [1.29, 1.82) is 0 Å². The minimum absolute atomic E-state index is 0.173. The first kappa shape index (κ1) is 15.1. The van der Waals surface area contributed by atoms with Crippen LogP contribution in [0.1, 0.15) is 24.2 Å². The fourth-order valence-corrected chi connectivity index (χ4v) is 2.61. The molecule has 1 aromatic carbocycles. The Balaban J connectivity index is 2.02. The van der Waals surface area contributed by atoms with Gasteiger partial charge in [-0.15, -0.1) is 0 Å². The normalized spacial score (nSPS) is 24.9. The van der Waals surface area contributed by atoms with Crippen molar-refractivity contribution in [2.75, 3.05) is 26.7 Å². The SMILES string of the molecule is CC1CN(CC(=O)c2ccc(F)c(F)c2)CC(C)N1C. The highest BCUT2D eigenvalue weighted by atomic mass is 19.2. The van der Waals surface area contributed by atoms with Crippen LogP contribution in [0.5, 0.6) is 0 Å². The molecule has 0 aromatic heterocycles. The lowest BCUT2D eigenvalue weighted by Crippen LogP contribution is -2.55. The van der Waals surface area contributed by atoms with Crippen molar-refractivity contribution >= 4 is 5.78 Å². The van der Waals surface area contributed by atoms with Gasteiger partial charge in [0.25, 0.3) is 0 Å². The van der Waals surface area contributed by atoms with Crippen LogP contribution in [0.3, 0.4) is 0 Å². The highest BCUT2D eigenvalue weighted by molar-refractivity contribution is 5.97. The average Bonchev–Trinajstić information content (AvgIpc) is 2.39. The summed E-state index contributed by atoms with van der Waals surface area (Å²) in [4.78, 5) is 16.5. The second kappa shape index (κ2) is 5.97. The number of hydrogen-bond acceptors (Lipinski definition) is 3. The molecular formula is C15H20F2N2O. The number of benzene rings is 1. The van der Waals surface area contributed by atoms with Gasteiger partial charge in [0.05, 0.1) is 6.54 Å². The Bertz CT molecular complexity index is 495. The van der Waals surface area contributed by atoms with Crippen LogP contribution >= 0.6 is 0 Å². The van der Waals surface area contributed by atoms with E-state index in [0.717, 1.165) is 25.2 Å². The predicted molar refractivity (Wildman–Crippen MR) is 73.8 cm³/mol. The van der Waals surface area contributed by atoms with E-state index >= 15 is 0 Å². The Labute approximate surface area is 118 Å². The molecule has 5 heteroatoms. The van der Waals surface area contributed by atoms with Crippen molar-refractivity contribution in [3.8, 4) is 0 Å². The molecule has 0 radical (unpaired) electrons. The molecule has 2 unspecified atom stereocenters. The van der Waals surface area contributed by atoms with Gasteiger partial charge in [-0.3, -0.25) is 14.6 Å². The summed E-state index contributed by atoms with van der Waals surface area (Å²) in [6, 6.07) is 4.05. The summed E-state index contributed by atoms with van der Waals surface area (Å²) >= 11 is 0. The molecular weight excluding hydrogens is 262 g/mol. The summed E-state index contributed by atoms with van der Waals surface area (Å²) in [5.74, 6) is -2.08. The Kier molecular flexibility index (Phi) is 4.50. The number of Topliss-reactive ketones (excluding diaryl/α,β-unsaturated/α-hetero) is 1. The zero-order chi connectivity index (χ0) is 14.9. The maximum absolute atomic E-state index is 13.1. The van der Waals surface area contributed by atoms with E-state index in [1.807, 2.05) is 0 Å². The summed E-state index contributed by atoms with van der Waals surface area (Å²) < 4.78 is 26.0. The molecule has 20 heavy (non-hydrogen) atoms. The molecule has 0 amide bonds. The number of likely N-dealkylation sites (N-methyl/N-ethyl adjacent to an activating group) is 1. The number of piperazine rings is 1. The van der Waals surface area contributed by atoms with Crippen LogP contribution in [-0.4, -0.2) is 54.3 Å². The molecule has 0 saturated carbocycles. The van der Waals surface area contributed by atoms with Crippen LogP contribution in [0.4, 0.5) is 8.78 Å². The molecule has 0 aliphatic carbocycles. The van der Waals surface area contributed by atoms with Crippen molar-refractivity contribution in [3.63, 3.8) is 0 Å². The monoisotopic (exact) mass is 282 g/mol. The van der Waals surface area contributed by atoms with E-state index in [1.165, 1.54) is 6.07 Å². The number of carbonyl (C=O) groups is 1. The van der Waals surface area contributed by atoms with Gasteiger partial charge in [-0.1, -0.05) is 0 Å². The van der Waals surface area contributed by atoms with Gasteiger partial charge in [-0.25, -0.2) is 8.78 Å².